The van der Waals surface area contributed by atoms with Crippen LogP contribution in [0.15, 0.2) is 54.6 Å². The number of rotatable bonds is 8. The molecule has 0 bridgehead atoms. The van der Waals surface area contributed by atoms with Gasteiger partial charge in [0.15, 0.2) is 12.4 Å². The second kappa shape index (κ2) is 10.0. The first kappa shape index (κ1) is 20.8. The third kappa shape index (κ3) is 5.54. The van der Waals surface area contributed by atoms with Gasteiger partial charge in [-0.1, -0.05) is 43.3 Å². The van der Waals surface area contributed by atoms with Gasteiger partial charge in [-0.15, -0.1) is 0 Å². The quantitative estimate of drug-likeness (QED) is 0.432. The monoisotopic (exact) mass is 405 g/mol. The highest BCUT2D eigenvalue weighted by molar-refractivity contribution is 5.87. The molecule has 3 aromatic rings. The van der Waals surface area contributed by atoms with Gasteiger partial charge < -0.3 is 20.5 Å². The van der Waals surface area contributed by atoms with E-state index in [1.807, 2.05) is 48.5 Å². The van der Waals surface area contributed by atoms with Gasteiger partial charge in [0.1, 0.15) is 5.75 Å². The molecule has 3 rings (SSSR count). The van der Waals surface area contributed by atoms with Crippen LogP contribution in [0.25, 0.3) is 6.08 Å². The fourth-order valence-electron chi connectivity index (χ4n) is 2.78. The summed E-state index contributed by atoms with van der Waals surface area (Å²) in [5.41, 5.74) is 8.55. The predicted molar refractivity (Wildman–Crippen MR) is 115 cm³/mol. The van der Waals surface area contributed by atoms with E-state index in [9.17, 15) is 4.79 Å². The molecular formula is C22H23N5O3. The maximum Gasteiger partial charge on any atom is 0.331 e. The summed E-state index contributed by atoms with van der Waals surface area (Å²) in [7, 11) is 1.57. The number of ether oxygens (including phenoxy) is 2. The summed E-state index contributed by atoms with van der Waals surface area (Å²) in [4.78, 5) is 24.5. The highest BCUT2D eigenvalue weighted by atomic mass is 16.5. The van der Waals surface area contributed by atoms with Gasteiger partial charge in [0.25, 0.3) is 0 Å². The Morgan fingerprint density at radius 2 is 1.87 bits per heavy atom. The number of hydrogen-bond donors (Lipinski definition) is 2. The van der Waals surface area contributed by atoms with Crippen LogP contribution >= 0.6 is 0 Å². The second-order valence-electron chi connectivity index (χ2n) is 6.25. The molecule has 2 aromatic carbocycles. The molecule has 0 aliphatic rings. The number of nitrogen functional groups attached to an aromatic ring is 1. The van der Waals surface area contributed by atoms with Crippen molar-refractivity contribution in [2.24, 2.45) is 0 Å². The second-order valence-corrected chi connectivity index (χ2v) is 6.25. The van der Waals surface area contributed by atoms with E-state index >= 15 is 0 Å². The van der Waals surface area contributed by atoms with Crippen LogP contribution < -0.4 is 15.8 Å². The van der Waals surface area contributed by atoms with Crippen LogP contribution in [0.2, 0.25) is 0 Å². The highest BCUT2D eigenvalue weighted by Crippen LogP contribution is 2.20. The fraction of sp³-hybridized carbons (Fsp3) is 0.182. The maximum atomic E-state index is 12.1. The van der Waals surface area contributed by atoms with Gasteiger partial charge in [-0.25, -0.2) is 4.79 Å². The van der Waals surface area contributed by atoms with Gasteiger partial charge in [-0.3, -0.25) is 0 Å². The lowest BCUT2D eigenvalue weighted by atomic mass is 10.1. The number of aromatic nitrogens is 3. The topological polar surface area (TPSA) is 112 Å². The first-order chi connectivity index (χ1) is 14.6. The fourth-order valence-corrected chi connectivity index (χ4v) is 2.78. The van der Waals surface area contributed by atoms with E-state index in [-0.39, 0.29) is 18.4 Å². The van der Waals surface area contributed by atoms with Crippen molar-refractivity contribution in [1.82, 2.24) is 15.0 Å². The number of methoxy groups -OCH3 is 1. The average Bonchev–Trinajstić information content (AvgIpc) is 2.76. The molecule has 0 amide bonds. The Morgan fingerprint density at radius 3 is 2.67 bits per heavy atom. The number of nitrogens with zero attached hydrogens (tertiary/aromatic N) is 3. The molecule has 1 aromatic heterocycles. The van der Waals surface area contributed by atoms with Gasteiger partial charge in [-0.05, 0) is 30.2 Å². The number of hydrogen-bond acceptors (Lipinski definition) is 8. The van der Waals surface area contributed by atoms with Crippen LogP contribution in [-0.2, 0) is 22.6 Å². The van der Waals surface area contributed by atoms with E-state index in [4.69, 9.17) is 15.2 Å². The molecule has 1 heterocycles. The van der Waals surface area contributed by atoms with Gasteiger partial charge in [0, 0.05) is 17.3 Å². The number of benzene rings is 2. The average molecular weight is 405 g/mol. The molecule has 0 saturated heterocycles. The Labute approximate surface area is 174 Å². The van der Waals surface area contributed by atoms with Crippen molar-refractivity contribution in [3.8, 4) is 5.75 Å². The SMILES string of the molecule is CCc1ccccc1Nc1nc(N)nc(COC(=O)/C=C/c2ccccc2OC)n1. The predicted octanol–water partition coefficient (Wildman–Crippen LogP) is 3.53. The summed E-state index contributed by atoms with van der Waals surface area (Å²) < 4.78 is 10.5. The molecule has 154 valence electrons. The van der Waals surface area contributed by atoms with Crippen molar-refractivity contribution in [3.05, 3.63) is 71.6 Å². The summed E-state index contributed by atoms with van der Waals surface area (Å²) >= 11 is 0. The van der Waals surface area contributed by atoms with Gasteiger partial charge in [0.2, 0.25) is 11.9 Å². The largest absolute Gasteiger partial charge is 0.496 e. The number of carbonyl (C=O) groups is 1. The summed E-state index contributed by atoms with van der Waals surface area (Å²) in [5, 5.41) is 3.14. The smallest absolute Gasteiger partial charge is 0.331 e. The molecule has 8 nitrogen and oxygen atoms in total. The third-order valence-corrected chi connectivity index (χ3v) is 4.23. The molecule has 0 unspecified atom stereocenters. The number of aryl methyl sites for hydroxylation is 1. The molecule has 0 atom stereocenters. The Morgan fingerprint density at radius 1 is 1.10 bits per heavy atom. The minimum Gasteiger partial charge on any atom is -0.496 e. The zero-order valence-electron chi connectivity index (χ0n) is 16.8. The van der Waals surface area contributed by atoms with E-state index in [2.05, 4.69) is 27.2 Å². The van der Waals surface area contributed by atoms with E-state index < -0.39 is 5.97 Å². The lowest BCUT2D eigenvalue weighted by Crippen LogP contribution is -2.10. The highest BCUT2D eigenvalue weighted by Gasteiger charge is 2.09. The normalized spacial score (nSPS) is 10.7. The maximum absolute atomic E-state index is 12.1. The Kier molecular flexibility index (Phi) is 6.94. The molecule has 0 aliphatic carbocycles. The zero-order chi connectivity index (χ0) is 21.3. The number of anilines is 3. The summed E-state index contributed by atoms with van der Waals surface area (Å²) in [5.74, 6) is 0.703. The number of nitrogens with one attached hydrogen (secondary N) is 1. The van der Waals surface area contributed by atoms with Crippen molar-refractivity contribution >= 4 is 29.6 Å². The van der Waals surface area contributed by atoms with Crippen LogP contribution in [-0.4, -0.2) is 28.0 Å². The van der Waals surface area contributed by atoms with E-state index in [1.54, 1.807) is 13.2 Å². The molecule has 0 fully saturated rings. The Hall–Kier alpha value is -3.94. The number of para-hydroxylation sites is 2. The van der Waals surface area contributed by atoms with Gasteiger partial charge in [0.05, 0.1) is 7.11 Å². The minimum absolute atomic E-state index is 0.0390. The van der Waals surface area contributed by atoms with Crippen molar-refractivity contribution in [2.45, 2.75) is 20.0 Å². The van der Waals surface area contributed by atoms with Crippen LogP contribution in [0.4, 0.5) is 17.6 Å². The lowest BCUT2D eigenvalue weighted by molar-refractivity contribution is -0.139. The number of nitrogens with two attached hydrogens (primary N) is 1. The molecule has 0 radical (unpaired) electrons. The van der Waals surface area contributed by atoms with Crippen LogP contribution in [0.1, 0.15) is 23.9 Å². The van der Waals surface area contributed by atoms with Crippen molar-refractivity contribution < 1.29 is 14.3 Å². The van der Waals surface area contributed by atoms with E-state index in [0.717, 1.165) is 23.2 Å². The number of esters is 1. The molecular weight excluding hydrogens is 382 g/mol. The van der Waals surface area contributed by atoms with Crippen LogP contribution in [0.3, 0.4) is 0 Å². The minimum atomic E-state index is -0.536. The van der Waals surface area contributed by atoms with E-state index in [0.29, 0.717) is 11.7 Å². The summed E-state index contributed by atoms with van der Waals surface area (Å²) in [6, 6.07) is 15.2. The van der Waals surface area contributed by atoms with Gasteiger partial charge in [-0.2, -0.15) is 15.0 Å². The molecule has 0 aliphatic heterocycles. The molecule has 8 heteroatoms. The first-order valence-corrected chi connectivity index (χ1v) is 9.42. The standard InChI is InChI=1S/C22H23N5O3/c1-3-15-8-4-6-10-17(15)24-22-26-19(25-21(23)27-22)14-30-20(28)13-12-16-9-5-7-11-18(16)29-2/h4-13H,3,14H2,1-2H3,(H3,23,24,25,26,27)/b13-12+. The summed E-state index contributed by atoms with van der Waals surface area (Å²) in [6.45, 7) is 1.93. The first-order valence-electron chi connectivity index (χ1n) is 9.42. The van der Waals surface area contributed by atoms with Crippen LogP contribution in [0.5, 0.6) is 5.75 Å². The number of carbonyl (C=O) groups excluding carboxylic acids is 1. The molecule has 0 spiro atoms. The zero-order valence-corrected chi connectivity index (χ0v) is 16.8. The molecule has 3 N–H and O–H groups in total. The third-order valence-electron chi connectivity index (χ3n) is 4.23. The van der Waals surface area contributed by atoms with Crippen molar-refractivity contribution in [2.75, 3.05) is 18.2 Å². The van der Waals surface area contributed by atoms with Crippen LogP contribution in [0, 0.1) is 0 Å². The Bertz CT molecular complexity index is 1050. The lowest BCUT2D eigenvalue weighted by Gasteiger charge is -2.10. The van der Waals surface area contributed by atoms with Crippen molar-refractivity contribution in [3.63, 3.8) is 0 Å². The van der Waals surface area contributed by atoms with Gasteiger partial charge >= 0.3 is 5.97 Å². The van der Waals surface area contributed by atoms with E-state index in [1.165, 1.54) is 6.08 Å². The summed E-state index contributed by atoms with van der Waals surface area (Å²) in [6.07, 6.45) is 3.80. The molecule has 30 heavy (non-hydrogen) atoms. The van der Waals surface area contributed by atoms with Crippen molar-refractivity contribution in [1.29, 1.82) is 0 Å². The Balaban J connectivity index is 1.65. The molecule has 0 saturated carbocycles.